The van der Waals surface area contributed by atoms with Crippen molar-refractivity contribution in [3.8, 4) is 5.75 Å². The molecule has 0 amide bonds. The Morgan fingerprint density at radius 1 is 1.25 bits per heavy atom. The van der Waals surface area contributed by atoms with Crippen LogP contribution in [0.2, 0.25) is 0 Å². The Morgan fingerprint density at radius 3 is 2.65 bits per heavy atom. The van der Waals surface area contributed by atoms with Crippen LogP contribution in [0.4, 0.5) is 22.7 Å². The van der Waals surface area contributed by atoms with Crippen molar-refractivity contribution in [1.82, 2.24) is 0 Å². The van der Waals surface area contributed by atoms with Crippen molar-refractivity contribution in [3.63, 3.8) is 0 Å². The zero-order valence-corrected chi connectivity index (χ0v) is 11.0. The van der Waals surface area contributed by atoms with Crippen LogP contribution in [0.15, 0.2) is 42.5 Å². The highest BCUT2D eigenvalue weighted by molar-refractivity contribution is 5.76. The Morgan fingerprint density at radius 2 is 2.00 bits per heavy atom. The Balaban J connectivity index is 2.28. The van der Waals surface area contributed by atoms with Gasteiger partial charge in [0.05, 0.1) is 28.6 Å². The molecule has 0 bridgehead atoms. The zero-order chi connectivity index (χ0) is 14.5. The van der Waals surface area contributed by atoms with Gasteiger partial charge in [-0.05, 0) is 25.1 Å². The third-order valence-corrected chi connectivity index (χ3v) is 2.70. The highest BCUT2D eigenvalue weighted by Gasteiger charge is 2.10. The van der Waals surface area contributed by atoms with Crippen molar-refractivity contribution in [3.05, 3.63) is 52.6 Å². The summed E-state index contributed by atoms with van der Waals surface area (Å²) >= 11 is 0. The molecule has 0 saturated heterocycles. The number of benzene rings is 2. The standard InChI is InChI=1S/C14H15N3O3/c1-2-20-14-6-4-3-5-13(14)16-12-8-7-10(17(18)19)9-11(12)15/h3-9,16H,2,15H2,1H3. The molecular formula is C14H15N3O3. The smallest absolute Gasteiger partial charge is 0.271 e. The summed E-state index contributed by atoms with van der Waals surface area (Å²) in [7, 11) is 0. The number of nitrogens with two attached hydrogens (primary N) is 1. The van der Waals surface area contributed by atoms with Gasteiger partial charge in [0.1, 0.15) is 5.75 Å². The molecule has 0 saturated carbocycles. The van der Waals surface area contributed by atoms with Crippen molar-refractivity contribution >= 4 is 22.7 Å². The molecule has 0 radical (unpaired) electrons. The SMILES string of the molecule is CCOc1ccccc1Nc1ccc([N+](=O)[O-])cc1N. The predicted molar refractivity (Wildman–Crippen MR) is 78.4 cm³/mol. The van der Waals surface area contributed by atoms with E-state index in [1.54, 1.807) is 6.07 Å². The lowest BCUT2D eigenvalue weighted by Gasteiger charge is -2.13. The van der Waals surface area contributed by atoms with Gasteiger partial charge in [-0.1, -0.05) is 12.1 Å². The Kier molecular flexibility index (Phi) is 4.05. The molecule has 2 aromatic carbocycles. The van der Waals surface area contributed by atoms with E-state index in [4.69, 9.17) is 10.5 Å². The molecule has 0 aliphatic carbocycles. The number of nitro groups is 1. The average molecular weight is 273 g/mol. The minimum Gasteiger partial charge on any atom is -0.492 e. The van der Waals surface area contributed by atoms with Crippen molar-refractivity contribution < 1.29 is 9.66 Å². The van der Waals surface area contributed by atoms with E-state index in [0.717, 1.165) is 5.69 Å². The van der Waals surface area contributed by atoms with Gasteiger partial charge in [0.25, 0.3) is 5.69 Å². The average Bonchev–Trinajstić information content (AvgIpc) is 2.43. The van der Waals surface area contributed by atoms with E-state index in [0.29, 0.717) is 23.7 Å². The minimum absolute atomic E-state index is 0.0360. The molecule has 6 nitrogen and oxygen atoms in total. The monoisotopic (exact) mass is 273 g/mol. The first kappa shape index (κ1) is 13.7. The molecule has 0 unspecified atom stereocenters. The van der Waals surface area contributed by atoms with E-state index >= 15 is 0 Å². The largest absolute Gasteiger partial charge is 0.492 e. The van der Waals surface area contributed by atoms with Crippen LogP contribution in [-0.2, 0) is 0 Å². The molecule has 0 atom stereocenters. The highest BCUT2D eigenvalue weighted by atomic mass is 16.6. The van der Waals surface area contributed by atoms with Gasteiger partial charge in [-0.2, -0.15) is 0 Å². The van der Waals surface area contributed by atoms with Gasteiger partial charge >= 0.3 is 0 Å². The summed E-state index contributed by atoms with van der Waals surface area (Å²) in [5.74, 6) is 0.702. The molecule has 0 heterocycles. The van der Waals surface area contributed by atoms with Crippen LogP contribution in [0.1, 0.15) is 6.92 Å². The number of para-hydroxylation sites is 2. The van der Waals surface area contributed by atoms with Crippen molar-refractivity contribution in [2.24, 2.45) is 0 Å². The molecule has 0 spiro atoms. The first-order valence-electron chi connectivity index (χ1n) is 6.14. The first-order chi connectivity index (χ1) is 9.61. The van der Waals surface area contributed by atoms with Gasteiger partial charge < -0.3 is 15.8 Å². The Hall–Kier alpha value is -2.76. The van der Waals surface area contributed by atoms with Crippen LogP contribution in [0.25, 0.3) is 0 Å². The Bertz CT molecular complexity index is 629. The summed E-state index contributed by atoms with van der Waals surface area (Å²) < 4.78 is 5.50. The van der Waals surface area contributed by atoms with E-state index in [-0.39, 0.29) is 5.69 Å². The fraction of sp³-hybridized carbons (Fsp3) is 0.143. The molecule has 0 aliphatic heterocycles. The fourth-order valence-corrected chi connectivity index (χ4v) is 1.77. The van der Waals surface area contributed by atoms with Gasteiger partial charge in [0.2, 0.25) is 0 Å². The summed E-state index contributed by atoms with van der Waals surface area (Å²) in [6.45, 7) is 2.45. The van der Waals surface area contributed by atoms with Crippen molar-refractivity contribution in [2.45, 2.75) is 6.92 Å². The second-order valence-electron chi connectivity index (χ2n) is 4.08. The maximum absolute atomic E-state index is 10.7. The molecule has 20 heavy (non-hydrogen) atoms. The number of anilines is 3. The van der Waals surface area contributed by atoms with Crippen LogP contribution in [0, 0.1) is 10.1 Å². The van der Waals surface area contributed by atoms with Crippen LogP contribution >= 0.6 is 0 Å². The number of nitro benzene ring substituents is 1. The second-order valence-corrected chi connectivity index (χ2v) is 4.08. The van der Waals surface area contributed by atoms with Crippen LogP contribution in [-0.4, -0.2) is 11.5 Å². The first-order valence-corrected chi connectivity index (χ1v) is 6.14. The molecule has 0 aromatic heterocycles. The third kappa shape index (κ3) is 2.97. The lowest BCUT2D eigenvalue weighted by atomic mass is 10.2. The van der Waals surface area contributed by atoms with Crippen LogP contribution in [0.5, 0.6) is 5.75 Å². The number of nitrogens with zero attached hydrogens (tertiary/aromatic N) is 1. The van der Waals surface area contributed by atoms with Gasteiger partial charge in [0.15, 0.2) is 0 Å². The van der Waals surface area contributed by atoms with Crippen LogP contribution < -0.4 is 15.8 Å². The van der Waals surface area contributed by atoms with Crippen LogP contribution in [0.3, 0.4) is 0 Å². The van der Waals surface area contributed by atoms with Gasteiger partial charge in [-0.25, -0.2) is 0 Å². The summed E-state index contributed by atoms with van der Waals surface area (Å²) in [5.41, 5.74) is 7.46. The van der Waals surface area contributed by atoms with E-state index in [9.17, 15) is 10.1 Å². The number of ether oxygens (including phenoxy) is 1. The van der Waals surface area contributed by atoms with E-state index in [1.165, 1.54) is 12.1 Å². The number of nitrogens with one attached hydrogen (secondary N) is 1. The van der Waals surface area contributed by atoms with Crippen molar-refractivity contribution in [2.75, 3.05) is 17.7 Å². The second kappa shape index (κ2) is 5.92. The minimum atomic E-state index is -0.478. The maximum atomic E-state index is 10.7. The van der Waals surface area contributed by atoms with Gasteiger partial charge in [-0.15, -0.1) is 0 Å². The Labute approximate surface area is 116 Å². The number of rotatable bonds is 5. The predicted octanol–water partition coefficient (Wildman–Crippen LogP) is 3.32. The molecule has 0 aliphatic rings. The number of hydrogen-bond acceptors (Lipinski definition) is 5. The molecule has 2 rings (SSSR count). The molecule has 3 N–H and O–H groups in total. The van der Waals surface area contributed by atoms with Gasteiger partial charge in [-0.3, -0.25) is 10.1 Å². The lowest BCUT2D eigenvalue weighted by molar-refractivity contribution is -0.384. The molecular weight excluding hydrogens is 258 g/mol. The van der Waals surface area contributed by atoms with E-state index < -0.39 is 4.92 Å². The summed E-state index contributed by atoms with van der Waals surface area (Å²) in [4.78, 5) is 10.2. The summed E-state index contributed by atoms with van der Waals surface area (Å²) in [6, 6.07) is 11.7. The molecule has 6 heteroatoms. The van der Waals surface area contributed by atoms with E-state index in [1.807, 2.05) is 31.2 Å². The third-order valence-electron chi connectivity index (χ3n) is 2.70. The van der Waals surface area contributed by atoms with Crippen molar-refractivity contribution in [1.29, 1.82) is 0 Å². The zero-order valence-electron chi connectivity index (χ0n) is 11.0. The fourth-order valence-electron chi connectivity index (χ4n) is 1.77. The molecule has 2 aromatic rings. The lowest BCUT2D eigenvalue weighted by Crippen LogP contribution is -2.00. The number of non-ortho nitro benzene ring substituents is 1. The number of hydrogen-bond donors (Lipinski definition) is 2. The molecule has 0 fully saturated rings. The number of nitrogen functional groups attached to an aromatic ring is 1. The summed E-state index contributed by atoms with van der Waals surface area (Å²) in [5, 5.41) is 13.8. The highest BCUT2D eigenvalue weighted by Crippen LogP contribution is 2.31. The maximum Gasteiger partial charge on any atom is 0.271 e. The topological polar surface area (TPSA) is 90.4 Å². The van der Waals surface area contributed by atoms with E-state index in [2.05, 4.69) is 5.32 Å². The molecule has 104 valence electrons. The quantitative estimate of drug-likeness (QED) is 0.495. The normalized spacial score (nSPS) is 10.1. The van der Waals surface area contributed by atoms with Gasteiger partial charge in [0, 0.05) is 12.1 Å². The summed E-state index contributed by atoms with van der Waals surface area (Å²) in [6.07, 6.45) is 0.